The van der Waals surface area contributed by atoms with Gasteiger partial charge in [-0.05, 0) is 62.3 Å². The van der Waals surface area contributed by atoms with Crippen LogP contribution in [0, 0.1) is 5.41 Å². The number of H-pyrrole nitrogens is 1. The molecule has 1 aromatic heterocycles. The molecule has 0 fully saturated rings. The van der Waals surface area contributed by atoms with Gasteiger partial charge in [-0.2, -0.15) is 0 Å². The van der Waals surface area contributed by atoms with Crippen LogP contribution in [-0.2, 0) is 32.0 Å². The van der Waals surface area contributed by atoms with Crippen LogP contribution >= 0.6 is 0 Å². The third kappa shape index (κ3) is 27.2. The lowest BCUT2D eigenvalue weighted by Gasteiger charge is -2.11. The number of aliphatic hydroxyl groups excluding tert-OH is 2. The lowest BCUT2D eigenvalue weighted by atomic mass is 10.1. The van der Waals surface area contributed by atoms with Crippen molar-refractivity contribution in [2.75, 3.05) is 32.8 Å². The van der Waals surface area contributed by atoms with Crippen LogP contribution in [-0.4, -0.2) is 116 Å². The van der Waals surface area contributed by atoms with Crippen molar-refractivity contribution < 1.29 is 49.8 Å². The Bertz CT molecular complexity index is 1440. The van der Waals surface area contributed by atoms with E-state index in [2.05, 4.69) is 33.5 Å². The summed E-state index contributed by atoms with van der Waals surface area (Å²) in [6.45, 7) is 3.04. The van der Waals surface area contributed by atoms with Crippen molar-refractivity contribution in [3.05, 3.63) is 71.9 Å². The molecule has 18 N–H and O–H groups in total. The first kappa shape index (κ1) is 50.0. The van der Waals surface area contributed by atoms with E-state index >= 15 is 0 Å². The predicted octanol–water partition coefficient (Wildman–Crippen LogP) is 0.247. The zero-order valence-electron chi connectivity index (χ0n) is 30.1. The number of aliphatic carboxylic acids is 4. The fourth-order valence-electron chi connectivity index (χ4n) is 3.98. The van der Waals surface area contributed by atoms with Crippen LogP contribution < -0.4 is 33.6 Å². The smallest absolute Gasteiger partial charge is 0.320 e. The normalized spacial score (nSPS) is 11.6. The number of carbonyl (C=O) groups is 4. The van der Waals surface area contributed by atoms with Crippen LogP contribution in [0.3, 0.4) is 0 Å². The number of aromatic nitrogens is 1. The van der Waals surface area contributed by atoms with E-state index in [9.17, 15) is 19.2 Å². The van der Waals surface area contributed by atoms with Crippen molar-refractivity contribution in [3.63, 3.8) is 0 Å². The highest BCUT2D eigenvalue weighted by molar-refractivity contribution is 5.84. The van der Waals surface area contributed by atoms with Crippen molar-refractivity contribution in [2.45, 2.75) is 70.0 Å². The number of nitrogens with two attached hydrogens (primary N) is 4. The van der Waals surface area contributed by atoms with Gasteiger partial charge in [-0.3, -0.25) is 24.6 Å². The summed E-state index contributed by atoms with van der Waals surface area (Å²) in [7, 11) is 0. The van der Waals surface area contributed by atoms with Gasteiger partial charge < -0.3 is 69.2 Å². The summed E-state index contributed by atoms with van der Waals surface area (Å²) in [6.07, 6.45) is 6.15. The van der Waals surface area contributed by atoms with E-state index < -0.39 is 42.0 Å². The maximum Gasteiger partial charge on any atom is 0.320 e. The summed E-state index contributed by atoms with van der Waals surface area (Å²) in [5.41, 5.74) is 23.5. The first-order valence-corrected chi connectivity index (χ1v) is 16.9. The highest BCUT2D eigenvalue weighted by Crippen LogP contribution is 2.18. The van der Waals surface area contributed by atoms with E-state index in [1.165, 1.54) is 5.56 Å². The summed E-state index contributed by atoms with van der Waals surface area (Å²) in [5, 5.41) is 63.4. The highest BCUT2D eigenvalue weighted by Gasteiger charge is 2.15. The fourth-order valence-corrected chi connectivity index (χ4v) is 3.98. The molecule has 0 aliphatic carbocycles. The summed E-state index contributed by atoms with van der Waals surface area (Å²) >= 11 is 0. The molecule has 0 spiro atoms. The standard InChI is InChI=1S/C11H12N2O2.C9H12O.C7H15NO3.C6H14N4O2.C2H5NO2/c12-9(11(14)15)5-7-6-13-10-4-2-1-3-8(7)10;10-8-4-7-9-5-2-1-3-6-9;1-2-4-8-6(3-5-9)7(10)11;7-4(5(11)12)2-1-3-10-6(8)9;3-1-2(4)5/h1-4,6,9,13H,5,12H2,(H,14,15);1-3,5-6,10H,4,7-8H2;6,8-9H,2-5H2,1H3,(H,10,11);4H,1-3,7H2,(H,11,12)(H4,8,9,10);1,3H2,(H,4,5). The van der Waals surface area contributed by atoms with Crippen LogP contribution in [0.25, 0.3) is 10.9 Å². The Morgan fingerprint density at radius 1 is 0.811 bits per heavy atom. The van der Waals surface area contributed by atoms with Crippen molar-refractivity contribution in [1.29, 1.82) is 5.41 Å². The molecule has 3 rings (SSSR count). The minimum atomic E-state index is -1.00. The second-order valence-electron chi connectivity index (χ2n) is 11.2. The number of nitrogens with one attached hydrogen (secondary N) is 4. The number of carboxylic acid groups (broad SMARTS) is 4. The molecule has 2 aromatic carbocycles. The van der Waals surface area contributed by atoms with Crippen LogP contribution in [0.2, 0.25) is 0 Å². The Labute approximate surface area is 309 Å². The molecule has 0 aliphatic rings. The fraction of sp³-hybridized carbons (Fsp3) is 0.457. The molecule has 0 radical (unpaired) electrons. The van der Waals surface area contributed by atoms with E-state index in [0.717, 1.165) is 35.7 Å². The molecule has 18 nitrogen and oxygen atoms in total. The monoisotopic (exact) mass is 750 g/mol. The van der Waals surface area contributed by atoms with E-state index in [0.29, 0.717) is 32.4 Å². The lowest BCUT2D eigenvalue weighted by molar-refractivity contribution is -0.140. The molecule has 53 heavy (non-hydrogen) atoms. The zero-order chi connectivity index (χ0) is 40.6. The topological polar surface area (TPSA) is 357 Å². The number of rotatable bonds is 18. The second kappa shape index (κ2) is 31.6. The van der Waals surface area contributed by atoms with Gasteiger partial charge in [0, 0.05) is 43.3 Å². The number of aryl methyl sites for hydroxylation is 1. The lowest BCUT2D eigenvalue weighted by Crippen LogP contribution is -2.37. The van der Waals surface area contributed by atoms with Gasteiger partial charge in [0.25, 0.3) is 0 Å². The number of aromatic amines is 1. The molecule has 0 amide bonds. The number of hydrogen-bond acceptors (Lipinski definition) is 11. The molecular formula is C35H58N8O10. The van der Waals surface area contributed by atoms with Gasteiger partial charge in [0.15, 0.2) is 5.96 Å². The highest BCUT2D eigenvalue weighted by atomic mass is 16.4. The van der Waals surface area contributed by atoms with Crippen LogP contribution in [0.1, 0.15) is 50.2 Å². The molecule has 3 atom stereocenters. The Hall–Kier alpha value is -5.11. The predicted molar refractivity (Wildman–Crippen MR) is 202 cm³/mol. The molecule has 1 heterocycles. The zero-order valence-corrected chi connectivity index (χ0v) is 30.1. The number of carboxylic acids is 4. The molecule has 3 unspecified atom stereocenters. The average molecular weight is 751 g/mol. The first-order valence-electron chi connectivity index (χ1n) is 16.9. The minimum absolute atomic E-state index is 0.0896. The van der Waals surface area contributed by atoms with Gasteiger partial charge in [-0.1, -0.05) is 55.5 Å². The minimum Gasteiger partial charge on any atom is -0.480 e. The Morgan fingerprint density at radius 2 is 1.40 bits per heavy atom. The van der Waals surface area contributed by atoms with E-state index in [1.807, 2.05) is 55.6 Å². The molecule has 298 valence electrons. The first-order chi connectivity index (χ1) is 25.1. The van der Waals surface area contributed by atoms with E-state index in [4.69, 9.17) is 53.2 Å². The largest absolute Gasteiger partial charge is 0.480 e. The third-order valence-corrected chi connectivity index (χ3v) is 6.75. The molecular weight excluding hydrogens is 692 g/mol. The second-order valence-corrected chi connectivity index (χ2v) is 11.2. The Kier molecular flexibility index (Phi) is 29.8. The number of hydrogen-bond donors (Lipinski definition) is 14. The van der Waals surface area contributed by atoms with Gasteiger partial charge in [-0.25, -0.2) is 0 Å². The van der Waals surface area contributed by atoms with E-state index in [1.54, 1.807) is 0 Å². The maximum absolute atomic E-state index is 10.6. The maximum atomic E-state index is 10.6. The molecule has 18 heteroatoms. The van der Waals surface area contributed by atoms with Gasteiger partial charge in [0.05, 0.1) is 6.54 Å². The van der Waals surface area contributed by atoms with Gasteiger partial charge in [0.1, 0.15) is 18.1 Å². The molecule has 3 aromatic rings. The number of aliphatic hydroxyl groups is 2. The van der Waals surface area contributed by atoms with Crippen molar-refractivity contribution in [3.8, 4) is 0 Å². The molecule has 0 saturated heterocycles. The third-order valence-electron chi connectivity index (χ3n) is 6.75. The van der Waals surface area contributed by atoms with Gasteiger partial charge >= 0.3 is 23.9 Å². The molecule has 0 bridgehead atoms. The number of para-hydroxylation sites is 1. The number of benzene rings is 2. The average Bonchev–Trinajstić information content (AvgIpc) is 3.54. The van der Waals surface area contributed by atoms with Crippen molar-refractivity contribution in [1.82, 2.24) is 15.6 Å². The van der Waals surface area contributed by atoms with Crippen LogP contribution in [0.5, 0.6) is 0 Å². The number of fused-ring (bicyclic) bond motifs is 1. The van der Waals surface area contributed by atoms with Gasteiger partial charge in [-0.15, -0.1) is 0 Å². The number of guanidine groups is 1. The Morgan fingerprint density at radius 3 is 1.89 bits per heavy atom. The quantitative estimate of drug-likeness (QED) is 0.0470. The summed E-state index contributed by atoms with van der Waals surface area (Å²) in [6, 6.07) is 15.7. The van der Waals surface area contributed by atoms with Crippen LogP contribution in [0.15, 0.2) is 60.8 Å². The summed E-state index contributed by atoms with van der Waals surface area (Å²) < 4.78 is 0. The van der Waals surface area contributed by atoms with Crippen molar-refractivity contribution in [2.24, 2.45) is 22.9 Å². The van der Waals surface area contributed by atoms with Gasteiger partial charge in [0.2, 0.25) is 0 Å². The molecule has 0 saturated carbocycles. The molecule has 0 aliphatic heterocycles. The SMILES string of the molecule is CCCNC(CCO)C(=O)O.N=C(N)NCCCC(N)C(=O)O.NC(Cc1c[nH]c2ccccc12)C(=O)O.NCC(=O)O.OCCCc1ccccc1. The Balaban J connectivity index is 0. The van der Waals surface area contributed by atoms with Crippen molar-refractivity contribution >= 4 is 40.7 Å². The summed E-state index contributed by atoms with van der Waals surface area (Å²) in [4.78, 5) is 43.6. The van der Waals surface area contributed by atoms with Crippen LogP contribution in [0.4, 0.5) is 0 Å². The summed E-state index contributed by atoms with van der Waals surface area (Å²) in [5.74, 6) is -3.95. The van der Waals surface area contributed by atoms with E-state index in [-0.39, 0.29) is 32.1 Å².